The Kier molecular flexibility index (Phi) is 7.29. The Morgan fingerprint density at radius 3 is 2.30 bits per heavy atom. The van der Waals surface area contributed by atoms with E-state index in [1.54, 1.807) is 11.3 Å². The third-order valence-corrected chi connectivity index (χ3v) is 8.35. The van der Waals surface area contributed by atoms with E-state index >= 15 is 0 Å². The zero-order valence-corrected chi connectivity index (χ0v) is 21.9. The van der Waals surface area contributed by atoms with Gasteiger partial charge in [0.25, 0.3) is 0 Å². The van der Waals surface area contributed by atoms with Crippen LogP contribution in [0.4, 0.5) is 0 Å². The molecule has 2 heterocycles. The van der Waals surface area contributed by atoms with Gasteiger partial charge in [-0.3, -0.25) is 0 Å². The molecule has 0 aliphatic rings. The minimum Gasteiger partial charge on any atom is -0.455 e. The van der Waals surface area contributed by atoms with Gasteiger partial charge in [0, 0.05) is 37.1 Å². The maximum atomic E-state index is 13.5. The number of aryl methyl sites for hydroxylation is 2. The molecule has 2 aromatic carbocycles. The number of furan rings is 1. The maximum absolute atomic E-state index is 13.5. The molecule has 4 aromatic rings. The van der Waals surface area contributed by atoms with Crippen LogP contribution in [0.15, 0.2) is 88.2 Å². The summed E-state index contributed by atoms with van der Waals surface area (Å²) in [6, 6.07) is 21.8. The fraction of sp³-hybridized carbons (Fsp3) is 0.143. The number of hydrogen-bond acceptors (Lipinski definition) is 4. The number of hydrogen-bond donors (Lipinski definition) is 1. The van der Waals surface area contributed by atoms with Crippen LogP contribution in [0, 0.1) is 13.8 Å². The van der Waals surface area contributed by atoms with Gasteiger partial charge in [-0.2, -0.15) is 0 Å². The van der Waals surface area contributed by atoms with E-state index in [0.717, 1.165) is 43.7 Å². The molecule has 2 aromatic heterocycles. The molecule has 0 saturated heterocycles. The summed E-state index contributed by atoms with van der Waals surface area (Å²) in [7, 11) is -2.18. The highest BCUT2D eigenvalue weighted by atomic mass is 32.1. The molecule has 0 amide bonds. The van der Waals surface area contributed by atoms with Crippen molar-refractivity contribution in [3.63, 3.8) is 0 Å². The van der Waals surface area contributed by atoms with Crippen LogP contribution in [-0.4, -0.2) is 0 Å². The molecule has 33 heavy (non-hydrogen) atoms. The molecule has 2 nitrogen and oxygen atoms in total. The van der Waals surface area contributed by atoms with Gasteiger partial charge in [-0.15, -0.1) is 24.0 Å². The molecule has 0 aliphatic heterocycles. The summed E-state index contributed by atoms with van der Waals surface area (Å²) in [6.45, 7) is 8.22. The largest absolute Gasteiger partial charge is 0.455 e. The molecule has 0 N–H and O–H groups in total. The minimum atomic E-state index is -2.18. The quantitative estimate of drug-likeness (QED) is 0.168. The van der Waals surface area contributed by atoms with Gasteiger partial charge in [0.2, 0.25) is 0 Å². The van der Waals surface area contributed by atoms with Gasteiger partial charge in [0.15, 0.2) is 0 Å². The van der Waals surface area contributed by atoms with Crippen molar-refractivity contribution in [1.82, 2.24) is 0 Å². The lowest BCUT2D eigenvalue weighted by Crippen LogP contribution is -2.08. The highest BCUT2D eigenvalue weighted by Gasteiger charge is 2.22. The van der Waals surface area contributed by atoms with E-state index in [2.05, 4.69) is 38.6 Å². The topological polar surface area (TPSA) is 30.2 Å². The Morgan fingerprint density at radius 1 is 0.970 bits per heavy atom. The summed E-state index contributed by atoms with van der Waals surface area (Å²) >= 11 is 6.27. The van der Waals surface area contributed by atoms with Crippen molar-refractivity contribution in [2.75, 3.05) is 0 Å². The summed E-state index contributed by atoms with van der Waals surface area (Å²) in [4.78, 5) is 3.41. The molecule has 0 bridgehead atoms. The number of thiophene rings is 1. The molecule has 4 rings (SSSR count). The molecule has 0 spiro atoms. The van der Waals surface area contributed by atoms with Crippen LogP contribution in [0.1, 0.15) is 29.4 Å². The van der Waals surface area contributed by atoms with Gasteiger partial charge < -0.3 is 8.98 Å². The van der Waals surface area contributed by atoms with E-state index in [-0.39, 0.29) is 0 Å². The summed E-state index contributed by atoms with van der Waals surface area (Å²) in [5.41, 5.74) is 4.05. The molecule has 1 atom stereocenters. The molecule has 0 fully saturated rings. The first-order chi connectivity index (χ1) is 15.9. The van der Waals surface area contributed by atoms with Crippen LogP contribution in [0.5, 0.6) is 0 Å². The summed E-state index contributed by atoms with van der Waals surface area (Å²) in [5.74, 6) is 1.52. The van der Waals surface area contributed by atoms with Gasteiger partial charge in [-0.25, -0.2) is 0 Å². The highest BCUT2D eigenvalue weighted by Crippen LogP contribution is 2.41. The van der Waals surface area contributed by atoms with E-state index in [4.69, 9.17) is 4.42 Å². The second kappa shape index (κ2) is 10.2. The van der Waals surface area contributed by atoms with Crippen LogP contribution in [0.25, 0.3) is 28.0 Å². The fourth-order valence-corrected chi connectivity index (χ4v) is 6.57. The molecular weight excluding hydrogens is 463 g/mol. The van der Waals surface area contributed by atoms with Crippen molar-refractivity contribution in [2.24, 2.45) is 0 Å². The minimum absolute atomic E-state index is 0.720. The SMILES string of the molecule is C/C=C(/C=C(/C)S)c1oc(-c2ccccc2[PH](=O)c2ccccc2)cc1-c1cc(C)sc1C. The Bertz CT molecular complexity index is 1370. The Morgan fingerprint density at radius 2 is 1.67 bits per heavy atom. The van der Waals surface area contributed by atoms with Crippen molar-refractivity contribution < 1.29 is 8.98 Å². The predicted molar refractivity (Wildman–Crippen MR) is 148 cm³/mol. The van der Waals surface area contributed by atoms with E-state index in [1.165, 1.54) is 15.3 Å². The third kappa shape index (κ3) is 5.04. The van der Waals surface area contributed by atoms with Crippen molar-refractivity contribution in [2.45, 2.75) is 27.7 Å². The summed E-state index contributed by atoms with van der Waals surface area (Å²) in [5, 5.41) is 1.65. The van der Waals surface area contributed by atoms with Crippen LogP contribution in [0.2, 0.25) is 0 Å². The first kappa shape index (κ1) is 23.6. The van der Waals surface area contributed by atoms with E-state index < -0.39 is 7.80 Å². The lowest BCUT2D eigenvalue weighted by Gasteiger charge is -2.08. The molecule has 168 valence electrons. The molecule has 0 aliphatic carbocycles. The van der Waals surface area contributed by atoms with Crippen molar-refractivity contribution in [1.29, 1.82) is 0 Å². The standard InChI is InChI=1S/C28H27O2PS2/c1-5-21(15-18(2)32)28-25(24-16-19(3)33-20(24)4)17-26(30-28)23-13-9-10-14-27(23)31(29)22-11-7-6-8-12-22/h5-17,31-32H,1-4H3/b18-15-,21-5-. The summed E-state index contributed by atoms with van der Waals surface area (Å²) < 4.78 is 20.0. The zero-order chi connectivity index (χ0) is 23.5. The van der Waals surface area contributed by atoms with Gasteiger partial charge >= 0.3 is 0 Å². The lowest BCUT2D eigenvalue weighted by atomic mass is 10.0. The van der Waals surface area contributed by atoms with Crippen molar-refractivity contribution in [3.05, 3.63) is 99.3 Å². The molecule has 5 heteroatoms. The van der Waals surface area contributed by atoms with E-state index in [0.29, 0.717) is 0 Å². The highest BCUT2D eigenvalue weighted by molar-refractivity contribution is 7.84. The third-order valence-electron chi connectivity index (χ3n) is 5.47. The number of allylic oxidation sites excluding steroid dienone is 4. The average molecular weight is 491 g/mol. The lowest BCUT2D eigenvalue weighted by molar-refractivity contribution is 0.569. The molecule has 0 radical (unpaired) electrons. The Hall–Kier alpha value is -2.52. The second-order valence-corrected chi connectivity index (χ2v) is 11.9. The first-order valence-corrected chi connectivity index (χ1v) is 13.5. The van der Waals surface area contributed by atoms with Gasteiger partial charge in [-0.1, -0.05) is 60.7 Å². The zero-order valence-electron chi connectivity index (χ0n) is 19.2. The summed E-state index contributed by atoms with van der Waals surface area (Å²) in [6.07, 6.45) is 4.06. The average Bonchev–Trinajstić information content (AvgIpc) is 3.39. The number of thiol groups is 1. The number of benzene rings is 2. The molecular formula is C28H27O2PS2. The predicted octanol–water partition coefficient (Wildman–Crippen LogP) is 8.04. The molecule has 0 saturated carbocycles. The number of rotatable bonds is 6. The van der Waals surface area contributed by atoms with E-state index in [1.807, 2.05) is 80.6 Å². The monoisotopic (exact) mass is 490 g/mol. The van der Waals surface area contributed by atoms with Crippen LogP contribution in [-0.2, 0) is 4.57 Å². The van der Waals surface area contributed by atoms with Crippen LogP contribution < -0.4 is 10.6 Å². The van der Waals surface area contributed by atoms with Crippen molar-refractivity contribution >= 4 is 47.9 Å². The Balaban J connectivity index is 1.92. The normalized spacial score (nSPS) is 13.4. The van der Waals surface area contributed by atoms with Crippen LogP contribution in [0.3, 0.4) is 0 Å². The molecule has 1 unspecified atom stereocenters. The van der Waals surface area contributed by atoms with Gasteiger partial charge in [0.1, 0.15) is 19.3 Å². The van der Waals surface area contributed by atoms with Crippen molar-refractivity contribution in [3.8, 4) is 22.5 Å². The van der Waals surface area contributed by atoms with Crippen LogP contribution >= 0.6 is 31.8 Å². The van der Waals surface area contributed by atoms with E-state index in [9.17, 15) is 4.57 Å². The smallest absolute Gasteiger partial charge is 0.142 e. The van der Waals surface area contributed by atoms with Gasteiger partial charge in [0.05, 0.1) is 0 Å². The maximum Gasteiger partial charge on any atom is 0.142 e. The Labute approximate surface area is 205 Å². The fourth-order valence-electron chi connectivity index (χ4n) is 3.98. The van der Waals surface area contributed by atoms with Gasteiger partial charge in [-0.05, 0) is 56.4 Å². The second-order valence-electron chi connectivity index (χ2n) is 7.95. The first-order valence-electron chi connectivity index (χ1n) is 10.8.